The van der Waals surface area contributed by atoms with Crippen molar-refractivity contribution >= 4 is 22.2 Å². The summed E-state index contributed by atoms with van der Waals surface area (Å²) in [5.74, 6) is 0.835. The van der Waals surface area contributed by atoms with Gasteiger partial charge in [-0.1, -0.05) is 43.7 Å². The van der Waals surface area contributed by atoms with Crippen LogP contribution in [0.25, 0.3) is 11.3 Å². The fourth-order valence-corrected chi connectivity index (χ4v) is 3.30. The number of hydrazone groups is 1. The number of benzene rings is 1. The van der Waals surface area contributed by atoms with Gasteiger partial charge in [-0.05, 0) is 31.6 Å². The van der Waals surface area contributed by atoms with Crippen molar-refractivity contribution in [2.24, 2.45) is 11.0 Å². The van der Waals surface area contributed by atoms with E-state index in [0.717, 1.165) is 35.1 Å². The van der Waals surface area contributed by atoms with E-state index in [1.807, 2.05) is 18.2 Å². The van der Waals surface area contributed by atoms with Crippen LogP contribution in [0, 0.1) is 5.92 Å². The first kappa shape index (κ1) is 14.3. The average molecular weight is 299 g/mol. The molecule has 1 N–H and O–H groups in total. The van der Waals surface area contributed by atoms with Gasteiger partial charge in [-0.25, -0.2) is 4.98 Å². The molecule has 1 aliphatic carbocycles. The highest BCUT2D eigenvalue weighted by Crippen LogP contribution is 2.25. The summed E-state index contributed by atoms with van der Waals surface area (Å²) in [6.45, 7) is 2.34. The van der Waals surface area contributed by atoms with E-state index in [1.54, 1.807) is 11.3 Å². The number of anilines is 1. The molecule has 1 fully saturated rings. The molecule has 21 heavy (non-hydrogen) atoms. The summed E-state index contributed by atoms with van der Waals surface area (Å²) in [7, 11) is 0. The molecule has 0 aliphatic heterocycles. The van der Waals surface area contributed by atoms with Gasteiger partial charge < -0.3 is 0 Å². The van der Waals surface area contributed by atoms with Crippen LogP contribution in [-0.2, 0) is 0 Å². The number of thiazole rings is 1. The SMILES string of the molecule is CC1CCC/C(=N\Nc2nc(-c3ccccc3)cs2)CC1. The lowest BCUT2D eigenvalue weighted by atomic mass is 10.0. The summed E-state index contributed by atoms with van der Waals surface area (Å²) in [6.07, 6.45) is 6.08. The Hall–Kier alpha value is -1.68. The van der Waals surface area contributed by atoms with Crippen molar-refractivity contribution in [1.82, 2.24) is 4.98 Å². The quantitative estimate of drug-likeness (QED) is 0.626. The van der Waals surface area contributed by atoms with Crippen LogP contribution in [0.5, 0.6) is 0 Å². The first-order valence-electron chi connectivity index (χ1n) is 7.63. The van der Waals surface area contributed by atoms with Gasteiger partial charge in [0.2, 0.25) is 5.13 Å². The second kappa shape index (κ2) is 6.85. The molecule has 0 spiro atoms. The van der Waals surface area contributed by atoms with E-state index in [1.165, 1.54) is 25.0 Å². The first-order valence-corrected chi connectivity index (χ1v) is 8.51. The maximum atomic E-state index is 4.60. The van der Waals surface area contributed by atoms with Gasteiger partial charge >= 0.3 is 0 Å². The van der Waals surface area contributed by atoms with Gasteiger partial charge in [0.1, 0.15) is 0 Å². The van der Waals surface area contributed by atoms with Crippen molar-refractivity contribution in [2.75, 3.05) is 5.43 Å². The van der Waals surface area contributed by atoms with Crippen LogP contribution >= 0.6 is 11.3 Å². The number of nitrogens with zero attached hydrogens (tertiary/aromatic N) is 2. The third kappa shape index (κ3) is 3.91. The van der Waals surface area contributed by atoms with Gasteiger partial charge in [0.15, 0.2) is 0 Å². The van der Waals surface area contributed by atoms with Crippen LogP contribution in [0.1, 0.15) is 39.0 Å². The smallest absolute Gasteiger partial charge is 0.203 e. The van der Waals surface area contributed by atoms with Crippen LogP contribution in [-0.4, -0.2) is 10.7 Å². The summed E-state index contributed by atoms with van der Waals surface area (Å²) >= 11 is 1.61. The Morgan fingerprint density at radius 2 is 2.05 bits per heavy atom. The summed E-state index contributed by atoms with van der Waals surface area (Å²) in [6, 6.07) is 10.3. The number of hydrogen-bond donors (Lipinski definition) is 1. The van der Waals surface area contributed by atoms with Gasteiger partial charge in [-0.3, -0.25) is 5.43 Å². The molecule has 1 atom stereocenters. The van der Waals surface area contributed by atoms with Crippen molar-refractivity contribution in [1.29, 1.82) is 0 Å². The zero-order valence-corrected chi connectivity index (χ0v) is 13.2. The predicted octanol–water partition coefficient (Wildman–Crippen LogP) is 5.18. The topological polar surface area (TPSA) is 37.3 Å². The van der Waals surface area contributed by atoms with Crippen LogP contribution in [0.4, 0.5) is 5.13 Å². The fourth-order valence-electron chi connectivity index (χ4n) is 2.64. The molecule has 1 saturated carbocycles. The van der Waals surface area contributed by atoms with E-state index >= 15 is 0 Å². The van der Waals surface area contributed by atoms with Crippen molar-refractivity contribution < 1.29 is 0 Å². The molecule has 1 aliphatic rings. The predicted molar refractivity (Wildman–Crippen MR) is 90.9 cm³/mol. The van der Waals surface area contributed by atoms with E-state index in [4.69, 9.17) is 0 Å². The molecule has 3 rings (SSSR count). The number of aromatic nitrogens is 1. The zero-order valence-electron chi connectivity index (χ0n) is 12.4. The lowest BCUT2D eigenvalue weighted by molar-refractivity contribution is 0.508. The third-order valence-corrected chi connectivity index (χ3v) is 4.72. The molecule has 110 valence electrons. The molecule has 1 unspecified atom stereocenters. The zero-order chi connectivity index (χ0) is 14.5. The number of rotatable bonds is 3. The molecule has 0 bridgehead atoms. The van der Waals surface area contributed by atoms with Gasteiger partial charge in [-0.2, -0.15) is 5.10 Å². The first-order chi connectivity index (χ1) is 10.3. The lowest BCUT2D eigenvalue weighted by Gasteiger charge is -2.03. The van der Waals surface area contributed by atoms with E-state index in [-0.39, 0.29) is 0 Å². The minimum Gasteiger partial charge on any atom is -0.253 e. The molecule has 0 amide bonds. The largest absolute Gasteiger partial charge is 0.253 e. The Morgan fingerprint density at radius 1 is 1.19 bits per heavy atom. The Bertz CT molecular complexity index is 604. The van der Waals surface area contributed by atoms with Crippen LogP contribution in [0.15, 0.2) is 40.8 Å². The molecule has 0 radical (unpaired) electrons. The molecule has 1 aromatic carbocycles. The molecule has 3 nitrogen and oxygen atoms in total. The Morgan fingerprint density at radius 3 is 2.90 bits per heavy atom. The minimum atomic E-state index is 0.835. The molecular weight excluding hydrogens is 278 g/mol. The Balaban J connectivity index is 1.65. The molecular formula is C17H21N3S. The number of hydrogen-bond acceptors (Lipinski definition) is 4. The highest BCUT2D eigenvalue weighted by atomic mass is 32.1. The Labute approximate surface area is 130 Å². The number of nitrogens with one attached hydrogen (secondary N) is 1. The molecule has 1 aromatic heterocycles. The fraction of sp³-hybridized carbons (Fsp3) is 0.412. The maximum absolute atomic E-state index is 4.60. The molecule has 0 saturated heterocycles. The third-order valence-electron chi connectivity index (χ3n) is 3.97. The maximum Gasteiger partial charge on any atom is 0.203 e. The molecule has 4 heteroatoms. The van der Waals surface area contributed by atoms with Crippen molar-refractivity contribution in [3.8, 4) is 11.3 Å². The van der Waals surface area contributed by atoms with E-state index in [2.05, 4.69) is 39.9 Å². The normalized spacial score (nSPS) is 21.2. The van der Waals surface area contributed by atoms with E-state index < -0.39 is 0 Å². The van der Waals surface area contributed by atoms with Gasteiger partial charge in [0.05, 0.1) is 5.69 Å². The van der Waals surface area contributed by atoms with Crippen molar-refractivity contribution in [3.63, 3.8) is 0 Å². The summed E-state index contributed by atoms with van der Waals surface area (Å²) < 4.78 is 0. The Kier molecular flexibility index (Phi) is 4.65. The summed E-state index contributed by atoms with van der Waals surface area (Å²) in [5.41, 5.74) is 6.59. The van der Waals surface area contributed by atoms with Crippen LogP contribution < -0.4 is 5.43 Å². The van der Waals surface area contributed by atoms with Crippen LogP contribution in [0.2, 0.25) is 0 Å². The van der Waals surface area contributed by atoms with Gasteiger partial charge in [-0.15, -0.1) is 11.3 Å². The monoisotopic (exact) mass is 299 g/mol. The second-order valence-corrected chi connectivity index (χ2v) is 6.59. The van der Waals surface area contributed by atoms with Gasteiger partial charge in [0, 0.05) is 16.7 Å². The standard InChI is InChI=1S/C17H21N3S/c1-13-6-5-9-15(11-10-13)19-20-17-18-16(12-21-17)14-7-3-2-4-8-14/h2-4,7-8,12-13H,5-6,9-11H2,1H3,(H,18,20)/b19-15+. The lowest BCUT2D eigenvalue weighted by Crippen LogP contribution is -2.01. The molecule has 1 heterocycles. The van der Waals surface area contributed by atoms with Crippen molar-refractivity contribution in [2.45, 2.75) is 39.0 Å². The summed E-state index contributed by atoms with van der Waals surface area (Å²) in [5, 5.41) is 7.52. The van der Waals surface area contributed by atoms with Crippen LogP contribution in [0.3, 0.4) is 0 Å². The average Bonchev–Trinajstić information content (AvgIpc) is 2.90. The van der Waals surface area contributed by atoms with Crippen molar-refractivity contribution in [3.05, 3.63) is 35.7 Å². The molecule has 2 aromatic rings. The highest BCUT2D eigenvalue weighted by molar-refractivity contribution is 7.14. The summed E-state index contributed by atoms with van der Waals surface area (Å²) in [4.78, 5) is 4.60. The van der Waals surface area contributed by atoms with E-state index in [0.29, 0.717) is 0 Å². The van der Waals surface area contributed by atoms with Gasteiger partial charge in [0.25, 0.3) is 0 Å². The highest BCUT2D eigenvalue weighted by Gasteiger charge is 2.11. The van der Waals surface area contributed by atoms with E-state index in [9.17, 15) is 0 Å². The second-order valence-electron chi connectivity index (χ2n) is 5.73. The minimum absolute atomic E-state index is 0.835.